The molecule has 226 valence electrons. The van der Waals surface area contributed by atoms with Gasteiger partial charge in [0.15, 0.2) is 17.5 Å². The van der Waals surface area contributed by atoms with Crippen LogP contribution in [0.3, 0.4) is 0 Å². The van der Waals surface area contributed by atoms with Crippen LogP contribution in [0.25, 0.3) is 78.8 Å². The fraction of sp³-hybridized carbons (Fsp3) is 0.0465. The summed E-state index contributed by atoms with van der Waals surface area (Å²) in [6.07, 6.45) is 12.6. The van der Waals surface area contributed by atoms with Gasteiger partial charge in [0.05, 0.1) is 19.4 Å². The Kier molecular flexibility index (Phi) is 4.74. The molecule has 2 aliphatic rings. The number of aromatic nitrogens is 4. The number of allylic oxidation sites excluding steroid dienone is 5. The van der Waals surface area contributed by atoms with Gasteiger partial charge in [0.1, 0.15) is 11.2 Å². The van der Waals surface area contributed by atoms with Gasteiger partial charge in [0, 0.05) is 56.4 Å². The van der Waals surface area contributed by atoms with E-state index in [4.69, 9.17) is 22.1 Å². The fourth-order valence-corrected chi connectivity index (χ4v) is 6.98. The first kappa shape index (κ1) is 21.5. The van der Waals surface area contributed by atoms with E-state index in [0.29, 0.717) is 22.8 Å². The molecule has 5 nitrogen and oxygen atoms in total. The van der Waals surface area contributed by atoms with E-state index in [2.05, 4.69) is 18.2 Å². The van der Waals surface area contributed by atoms with Gasteiger partial charge in [0.2, 0.25) is 0 Å². The number of rotatable bonds is 4. The van der Waals surface area contributed by atoms with Gasteiger partial charge in [-0.15, -0.1) is 0 Å². The summed E-state index contributed by atoms with van der Waals surface area (Å²) >= 11 is 0. The normalized spacial score (nSPS) is 18.2. The molecule has 2 aliphatic carbocycles. The van der Waals surface area contributed by atoms with E-state index in [0.717, 1.165) is 22.2 Å². The van der Waals surface area contributed by atoms with Crippen LogP contribution in [0.2, 0.25) is 0 Å². The molecule has 0 saturated heterocycles. The van der Waals surface area contributed by atoms with Gasteiger partial charge >= 0.3 is 0 Å². The summed E-state index contributed by atoms with van der Waals surface area (Å²) in [7, 11) is 0. The molecule has 0 fully saturated rings. The third kappa shape index (κ3) is 4.14. The highest BCUT2D eigenvalue weighted by molar-refractivity contribution is 6.12. The van der Waals surface area contributed by atoms with Crippen LogP contribution in [-0.2, 0) is 0 Å². The molecule has 0 N–H and O–H groups in total. The molecule has 0 amide bonds. The molecule has 0 saturated carbocycles. The van der Waals surface area contributed by atoms with Crippen LogP contribution in [-0.4, -0.2) is 19.5 Å². The summed E-state index contributed by atoms with van der Waals surface area (Å²) in [6.45, 7) is 0. The van der Waals surface area contributed by atoms with Gasteiger partial charge in [-0.2, -0.15) is 0 Å². The largest absolute Gasteiger partial charge is 0.456 e. The third-order valence-electron chi connectivity index (χ3n) is 9.15. The molecule has 5 aromatic carbocycles. The van der Waals surface area contributed by atoms with Crippen molar-refractivity contribution in [1.29, 1.82) is 0 Å². The maximum absolute atomic E-state index is 9.64. The molecule has 0 bridgehead atoms. The van der Waals surface area contributed by atoms with Crippen LogP contribution in [0.15, 0.2) is 156 Å². The molecule has 0 spiro atoms. The summed E-state index contributed by atoms with van der Waals surface area (Å²) in [5, 5.41) is 1.22. The van der Waals surface area contributed by atoms with Crippen molar-refractivity contribution in [1.82, 2.24) is 19.5 Å². The predicted octanol–water partition coefficient (Wildman–Crippen LogP) is 10.6. The summed E-state index contributed by atoms with van der Waals surface area (Å²) < 4.78 is 63.9. The van der Waals surface area contributed by atoms with Crippen molar-refractivity contribution in [3.63, 3.8) is 0 Å². The first-order chi connectivity index (χ1) is 26.3. The SMILES string of the molecule is [2H]c1c([2H])c(-c2nc(-c3ccccc3)nc(-c3ccccc3)n2)c2c(oc3c([2H])c(-n4c5c(c6ccccc64)C4C=CC=CC4C=C5)c([2H])c([2H])c32)c1[2H]. The van der Waals surface area contributed by atoms with Crippen molar-refractivity contribution >= 4 is 38.9 Å². The quantitative estimate of drug-likeness (QED) is 0.196. The Morgan fingerprint density at radius 2 is 1.35 bits per heavy atom. The summed E-state index contributed by atoms with van der Waals surface area (Å²) in [4.78, 5) is 14.4. The van der Waals surface area contributed by atoms with E-state index in [9.17, 15) is 5.48 Å². The van der Waals surface area contributed by atoms with Crippen molar-refractivity contribution in [3.8, 4) is 39.9 Å². The van der Waals surface area contributed by atoms with Crippen molar-refractivity contribution < 1.29 is 12.6 Å². The zero-order valence-electron chi connectivity index (χ0n) is 31.4. The van der Waals surface area contributed by atoms with Crippen LogP contribution in [0.1, 0.15) is 25.4 Å². The highest BCUT2D eigenvalue weighted by atomic mass is 16.3. The molecule has 3 aromatic heterocycles. The maximum Gasteiger partial charge on any atom is 0.164 e. The number of para-hydroxylation sites is 1. The molecule has 0 aliphatic heterocycles. The first-order valence-corrected chi connectivity index (χ1v) is 15.8. The lowest BCUT2D eigenvalue weighted by atomic mass is 9.78. The Morgan fingerprint density at radius 1 is 0.646 bits per heavy atom. The van der Waals surface area contributed by atoms with Crippen LogP contribution in [0.5, 0.6) is 0 Å². The molecular formula is C43H28N4O. The average molecular weight is 623 g/mol. The summed E-state index contributed by atoms with van der Waals surface area (Å²) in [6, 6.07) is 24.9. The van der Waals surface area contributed by atoms with Crippen molar-refractivity contribution in [3.05, 3.63) is 163 Å². The van der Waals surface area contributed by atoms with E-state index in [1.807, 2.05) is 108 Å². The second-order valence-electron chi connectivity index (χ2n) is 11.9. The Hall–Kier alpha value is -6.33. The molecule has 2 unspecified atom stereocenters. The molecule has 10 rings (SSSR count). The second kappa shape index (κ2) is 10.6. The number of hydrogen-bond donors (Lipinski definition) is 0. The molecular weight excluding hydrogens is 589 g/mol. The van der Waals surface area contributed by atoms with Gasteiger partial charge < -0.3 is 8.98 Å². The fourth-order valence-electron chi connectivity index (χ4n) is 6.98. The molecule has 48 heavy (non-hydrogen) atoms. The highest BCUT2D eigenvalue weighted by Crippen LogP contribution is 2.45. The Labute approximate surface area is 285 Å². The molecule has 2 atom stereocenters. The van der Waals surface area contributed by atoms with Gasteiger partial charge in [0.25, 0.3) is 0 Å². The van der Waals surface area contributed by atoms with Crippen molar-refractivity contribution in [2.24, 2.45) is 5.92 Å². The van der Waals surface area contributed by atoms with Gasteiger partial charge in [-0.3, -0.25) is 0 Å². The molecule has 0 radical (unpaired) electrons. The minimum Gasteiger partial charge on any atom is -0.456 e. The van der Waals surface area contributed by atoms with Crippen LogP contribution >= 0.6 is 0 Å². The van der Waals surface area contributed by atoms with Crippen LogP contribution < -0.4 is 0 Å². The van der Waals surface area contributed by atoms with Crippen LogP contribution in [0.4, 0.5) is 0 Å². The molecule has 8 aromatic rings. The Morgan fingerprint density at radius 3 is 2.15 bits per heavy atom. The lowest BCUT2D eigenvalue weighted by molar-refractivity contribution is 0.668. The Balaban J connectivity index is 1.29. The number of hydrogen-bond acceptors (Lipinski definition) is 4. The van der Waals surface area contributed by atoms with E-state index in [-0.39, 0.29) is 81.1 Å². The Bertz CT molecular complexity index is 2910. The number of benzene rings is 5. The number of fused-ring (bicyclic) bond motifs is 8. The van der Waals surface area contributed by atoms with Crippen molar-refractivity contribution in [2.75, 3.05) is 0 Å². The third-order valence-corrected chi connectivity index (χ3v) is 9.15. The molecule has 3 heterocycles. The highest BCUT2D eigenvalue weighted by Gasteiger charge is 2.30. The van der Waals surface area contributed by atoms with E-state index >= 15 is 0 Å². The predicted molar refractivity (Wildman–Crippen MR) is 194 cm³/mol. The second-order valence-corrected chi connectivity index (χ2v) is 11.9. The minimum atomic E-state index is -0.413. The zero-order valence-corrected chi connectivity index (χ0v) is 25.4. The molecule has 5 heteroatoms. The lowest BCUT2D eigenvalue weighted by Gasteiger charge is -2.26. The van der Waals surface area contributed by atoms with Gasteiger partial charge in [-0.25, -0.2) is 15.0 Å². The number of nitrogens with zero attached hydrogens (tertiary/aromatic N) is 4. The van der Waals surface area contributed by atoms with E-state index in [1.54, 1.807) is 0 Å². The standard InChI is InChI=1S/C43H28N4O/c1-3-13-28(14-4-1)41-44-42(29-15-5-2-6-16-29)46-43(45-41)34-19-11-21-37-40(34)33-24-23-30(26-38(33)48-37)47-35-20-10-9-18-32(35)39-31-17-8-7-12-27(31)22-25-36(39)47/h1-27,31H/i11D,19D,21D,23D,24D,26D. The topological polar surface area (TPSA) is 56.7 Å². The van der Waals surface area contributed by atoms with E-state index in [1.165, 1.54) is 0 Å². The summed E-state index contributed by atoms with van der Waals surface area (Å²) in [5.74, 6) is 0.954. The van der Waals surface area contributed by atoms with Crippen LogP contribution in [0, 0.1) is 5.92 Å². The van der Waals surface area contributed by atoms with Gasteiger partial charge in [-0.05, 0) is 35.8 Å². The summed E-state index contributed by atoms with van der Waals surface area (Å²) in [5.41, 5.74) is 4.25. The van der Waals surface area contributed by atoms with Crippen molar-refractivity contribution in [2.45, 2.75) is 5.92 Å². The van der Waals surface area contributed by atoms with Gasteiger partial charge in [-0.1, -0.05) is 121 Å². The van der Waals surface area contributed by atoms with E-state index < -0.39 is 6.04 Å². The number of furan rings is 1. The first-order valence-electron chi connectivity index (χ1n) is 18.8. The lowest BCUT2D eigenvalue weighted by Crippen LogP contribution is -2.13. The monoisotopic (exact) mass is 622 g/mol. The maximum atomic E-state index is 9.64. The zero-order chi connectivity index (χ0) is 36.8. The average Bonchev–Trinajstić information content (AvgIpc) is 3.77. The minimum absolute atomic E-state index is 0.0222. The smallest absolute Gasteiger partial charge is 0.164 e.